The summed E-state index contributed by atoms with van der Waals surface area (Å²) in [6.07, 6.45) is 1.77. The first-order valence-corrected chi connectivity index (χ1v) is 7.10. The van der Waals surface area contributed by atoms with Gasteiger partial charge in [0.15, 0.2) is 5.78 Å². The molecule has 2 rings (SSSR count). The molecule has 0 heterocycles. The van der Waals surface area contributed by atoms with Crippen molar-refractivity contribution in [3.05, 3.63) is 69.2 Å². The van der Waals surface area contributed by atoms with Crippen molar-refractivity contribution in [1.82, 2.24) is 0 Å². The van der Waals surface area contributed by atoms with Crippen LogP contribution in [-0.4, -0.2) is 5.78 Å². The molecule has 104 valence electrons. The van der Waals surface area contributed by atoms with Gasteiger partial charge in [0, 0.05) is 10.0 Å². The van der Waals surface area contributed by atoms with E-state index in [1.807, 2.05) is 13.0 Å². The van der Waals surface area contributed by atoms with Gasteiger partial charge in [-0.2, -0.15) is 0 Å². The summed E-state index contributed by atoms with van der Waals surface area (Å²) in [4.78, 5) is 12.3. The standard InChI is InChI=1S/C16H13BrF2O/c1-2-4-10-5-3-6-11(7-10)16(20)15-13(18)8-12(17)9-14(15)19/h3,5-9H,2,4H2,1H3. The second-order valence-corrected chi connectivity index (χ2v) is 5.44. The van der Waals surface area contributed by atoms with Crippen LogP contribution in [-0.2, 0) is 6.42 Å². The zero-order valence-electron chi connectivity index (χ0n) is 10.9. The van der Waals surface area contributed by atoms with Crippen molar-refractivity contribution in [2.45, 2.75) is 19.8 Å². The molecule has 0 radical (unpaired) electrons. The average molecular weight is 339 g/mol. The molecule has 0 saturated carbocycles. The zero-order chi connectivity index (χ0) is 14.7. The minimum absolute atomic E-state index is 0.267. The number of aryl methyl sites for hydroxylation is 1. The highest BCUT2D eigenvalue weighted by atomic mass is 79.9. The quantitative estimate of drug-likeness (QED) is 0.724. The molecule has 20 heavy (non-hydrogen) atoms. The van der Waals surface area contributed by atoms with Crippen LogP contribution in [0.1, 0.15) is 34.8 Å². The highest BCUT2D eigenvalue weighted by Gasteiger charge is 2.20. The first-order valence-electron chi connectivity index (χ1n) is 6.31. The minimum Gasteiger partial charge on any atom is -0.288 e. The van der Waals surface area contributed by atoms with E-state index in [1.54, 1.807) is 18.2 Å². The number of hydrogen-bond donors (Lipinski definition) is 0. The van der Waals surface area contributed by atoms with E-state index in [4.69, 9.17) is 0 Å². The normalized spacial score (nSPS) is 10.6. The van der Waals surface area contributed by atoms with Gasteiger partial charge in [0.1, 0.15) is 11.6 Å². The highest BCUT2D eigenvalue weighted by Crippen LogP contribution is 2.22. The van der Waals surface area contributed by atoms with Gasteiger partial charge < -0.3 is 0 Å². The van der Waals surface area contributed by atoms with Crippen molar-refractivity contribution < 1.29 is 13.6 Å². The monoisotopic (exact) mass is 338 g/mol. The van der Waals surface area contributed by atoms with Crippen LogP contribution in [0.3, 0.4) is 0 Å². The summed E-state index contributed by atoms with van der Waals surface area (Å²) in [5.41, 5.74) is 0.772. The summed E-state index contributed by atoms with van der Waals surface area (Å²) in [5.74, 6) is -2.35. The van der Waals surface area contributed by atoms with Crippen LogP contribution in [0.4, 0.5) is 8.78 Å². The van der Waals surface area contributed by atoms with Gasteiger partial charge in [-0.1, -0.05) is 47.5 Å². The third-order valence-electron chi connectivity index (χ3n) is 2.96. The smallest absolute Gasteiger partial charge is 0.198 e. The fourth-order valence-electron chi connectivity index (χ4n) is 2.06. The van der Waals surface area contributed by atoms with Crippen LogP contribution < -0.4 is 0 Å². The molecule has 0 amide bonds. The number of carbonyl (C=O) groups excluding carboxylic acids is 1. The van der Waals surface area contributed by atoms with Crippen LogP contribution >= 0.6 is 15.9 Å². The molecule has 0 unspecified atom stereocenters. The maximum absolute atomic E-state index is 13.8. The molecule has 0 N–H and O–H groups in total. The maximum Gasteiger partial charge on any atom is 0.198 e. The van der Waals surface area contributed by atoms with Crippen LogP contribution in [0, 0.1) is 11.6 Å². The highest BCUT2D eigenvalue weighted by molar-refractivity contribution is 9.10. The summed E-state index contributed by atoms with van der Waals surface area (Å²) < 4.78 is 27.9. The zero-order valence-corrected chi connectivity index (χ0v) is 12.5. The molecular formula is C16H13BrF2O. The van der Waals surface area contributed by atoms with Crippen LogP contribution in [0.15, 0.2) is 40.9 Å². The molecule has 0 aliphatic carbocycles. The summed E-state index contributed by atoms with van der Waals surface area (Å²) >= 11 is 2.99. The molecular weight excluding hydrogens is 326 g/mol. The lowest BCUT2D eigenvalue weighted by molar-refractivity contribution is 0.103. The molecule has 4 heteroatoms. The van der Waals surface area contributed by atoms with Crippen molar-refractivity contribution >= 4 is 21.7 Å². The summed E-state index contributed by atoms with van der Waals surface area (Å²) in [5, 5.41) is 0. The molecule has 0 spiro atoms. The Kier molecular flexibility index (Phi) is 4.65. The minimum atomic E-state index is -0.859. The molecule has 0 bridgehead atoms. The Hall–Kier alpha value is -1.55. The van der Waals surface area contributed by atoms with Crippen molar-refractivity contribution in [2.75, 3.05) is 0 Å². The number of hydrogen-bond acceptors (Lipinski definition) is 1. The number of benzene rings is 2. The topological polar surface area (TPSA) is 17.1 Å². The van der Waals surface area contributed by atoms with Gasteiger partial charge in [-0.3, -0.25) is 4.79 Å². The van der Waals surface area contributed by atoms with E-state index in [9.17, 15) is 13.6 Å². The second kappa shape index (κ2) is 6.27. The molecule has 0 saturated heterocycles. The maximum atomic E-state index is 13.8. The number of rotatable bonds is 4. The Morgan fingerprint density at radius 2 is 1.80 bits per heavy atom. The number of carbonyl (C=O) groups is 1. The van der Waals surface area contributed by atoms with Gasteiger partial charge in [0.05, 0.1) is 5.56 Å². The largest absolute Gasteiger partial charge is 0.288 e. The predicted octanol–water partition coefficient (Wildman–Crippen LogP) is 4.91. The van der Waals surface area contributed by atoms with Crippen molar-refractivity contribution in [3.63, 3.8) is 0 Å². The van der Waals surface area contributed by atoms with Gasteiger partial charge in [0.25, 0.3) is 0 Å². The Labute approximate surface area is 124 Å². The fourth-order valence-corrected chi connectivity index (χ4v) is 2.46. The van der Waals surface area contributed by atoms with Crippen molar-refractivity contribution in [1.29, 1.82) is 0 Å². The molecule has 0 aromatic heterocycles. The van der Waals surface area contributed by atoms with E-state index in [-0.39, 0.29) is 4.47 Å². The lowest BCUT2D eigenvalue weighted by Gasteiger charge is -2.07. The third kappa shape index (κ3) is 3.12. The van der Waals surface area contributed by atoms with E-state index in [0.717, 1.165) is 30.5 Å². The Morgan fingerprint density at radius 1 is 1.15 bits per heavy atom. The lowest BCUT2D eigenvalue weighted by atomic mass is 9.99. The van der Waals surface area contributed by atoms with Gasteiger partial charge in [-0.15, -0.1) is 0 Å². The number of halogens is 3. The van der Waals surface area contributed by atoms with Gasteiger partial charge in [-0.05, 0) is 30.2 Å². The Morgan fingerprint density at radius 3 is 2.40 bits per heavy atom. The third-order valence-corrected chi connectivity index (χ3v) is 3.42. The summed E-state index contributed by atoms with van der Waals surface area (Å²) in [6, 6.07) is 9.06. The van der Waals surface area contributed by atoms with E-state index in [1.165, 1.54) is 0 Å². The Bertz CT molecular complexity index is 630. The van der Waals surface area contributed by atoms with Gasteiger partial charge in [0.2, 0.25) is 0 Å². The lowest BCUT2D eigenvalue weighted by Crippen LogP contribution is -2.08. The molecule has 0 aliphatic rings. The molecule has 0 aliphatic heterocycles. The fraction of sp³-hybridized carbons (Fsp3) is 0.188. The van der Waals surface area contributed by atoms with E-state index < -0.39 is 23.0 Å². The molecule has 0 fully saturated rings. The summed E-state index contributed by atoms with van der Waals surface area (Å²) in [7, 11) is 0. The average Bonchev–Trinajstić information content (AvgIpc) is 2.38. The van der Waals surface area contributed by atoms with E-state index in [2.05, 4.69) is 15.9 Å². The van der Waals surface area contributed by atoms with Crippen LogP contribution in [0.2, 0.25) is 0 Å². The SMILES string of the molecule is CCCc1cccc(C(=O)c2c(F)cc(Br)cc2F)c1. The van der Waals surface area contributed by atoms with Crippen LogP contribution in [0.25, 0.3) is 0 Å². The van der Waals surface area contributed by atoms with Crippen molar-refractivity contribution in [3.8, 4) is 0 Å². The molecule has 2 aromatic rings. The Balaban J connectivity index is 2.44. The van der Waals surface area contributed by atoms with Crippen molar-refractivity contribution in [2.24, 2.45) is 0 Å². The van der Waals surface area contributed by atoms with Crippen LogP contribution in [0.5, 0.6) is 0 Å². The second-order valence-electron chi connectivity index (χ2n) is 4.52. The summed E-state index contributed by atoms with van der Waals surface area (Å²) in [6.45, 7) is 2.03. The molecule has 2 aromatic carbocycles. The number of ketones is 1. The van der Waals surface area contributed by atoms with E-state index in [0.29, 0.717) is 5.56 Å². The first kappa shape index (κ1) is 14.9. The van der Waals surface area contributed by atoms with E-state index >= 15 is 0 Å². The van der Waals surface area contributed by atoms with Gasteiger partial charge in [-0.25, -0.2) is 8.78 Å². The predicted molar refractivity (Wildman–Crippen MR) is 77.9 cm³/mol. The molecule has 0 atom stereocenters. The molecule has 1 nitrogen and oxygen atoms in total. The first-order chi connectivity index (χ1) is 9.52. The van der Waals surface area contributed by atoms with Gasteiger partial charge >= 0.3 is 0 Å².